The van der Waals surface area contributed by atoms with Gasteiger partial charge in [-0.25, -0.2) is 0 Å². The summed E-state index contributed by atoms with van der Waals surface area (Å²) in [6.45, 7) is 4.31. The smallest absolute Gasteiger partial charge is 0.220 e. The lowest BCUT2D eigenvalue weighted by atomic mass is 9.91. The van der Waals surface area contributed by atoms with Gasteiger partial charge in [0.2, 0.25) is 5.91 Å². The highest BCUT2D eigenvalue weighted by Crippen LogP contribution is 2.18. The van der Waals surface area contributed by atoms with Crippen molar-refractivity contribution in [1.29, 1.82) is 0 Å². The van der Waals surface area contributed by atoms with Crippen molar-refractivity contribution in [1.82, 2.24) is 5.32 Å². The molecule has 0 unspecified atom stereocenters. The van der Waals surface area contributed by atoms with Crippen molar-refractivity contribution in [2.75, 3.05) is 0 Å². The molecule has 1 saturated carbocycles. The minimum absolute atomic E-state index is 0. The van der Waals surface area contributed by atoms with E-state index in [2.05, 4.69) is 19.2 Å². The number of nitrogens with one attached hydrogen (secondary N) is 1. The van der Waals surface area contributed by atoms with Gasteiger partial charge in [0.1, 0.15) is 0 Å². The van der Waals surface area contributed by atoms with Crippen LogP contribution in [0.25, 0.3) is 0 Å². The van der Waals surface area contributed by atoms with Gasteiger partial charge in [0.15, 0.2) is 0 Å². The van der Waals surface area contributed by atoms with Crippen LogP contribution in [0, 0.1) is 5.92 Å². The Bertz CT molecular complexity index is 211. The van der Waals surface area contributed by atoms with Gasteiger partial charge < -0.3 is 11.1 Å². The van der Waals surface area contributed by atoms with E-state index in [9.17, 15) is 4.79 Å². The summed E-state index contributed by atoms with van der Waals surface area (Å²) in [5, 5.41) is 3.14. The van der Waals surface area contributed by atoms with E-state index in [0.29, 0.717) is 24.4 Å². The molecule has 17 heavy (non-hydrogen) atoms. The molecule has 0 spiro atoms. The fourth-order valence-electron chi connectivity index (χ4n) is 2.39. The lowest BCUT2D eigenvalue weighted by Gasteiger charge is -2.27. The molecule has 0 heterocycles. The van der Waals surface area contributed by atoms with Crippen molar-refractivity contribution in [3.05, 3.63) is 0 Å². The summed E-state index contributed by atoms with van der Waals surface area (Å²) in [5.74, 6) is 0.778. The second kappa shape index (κ2) is 8.76. The molecule has 0 aromatic heterocycles. The Morgan fingerprint density at radius 1 is 1.24 bits per heavy atom. The van der Waals surface area contributed by atoms with Crippen LogP contribution in [0.2, 0.25) is 0 Å². The molecule has 0 aromatic carbocycles. The van der Waals surface area contributed by atoms with Crippen LogP contribution in [-0.4, -0.2) is 18.0 Å². The van der Waals surface area contributed by atoms with Gasteiger partial charge in [-0.1, -0.05) is 26.7 Å². The average molecular weight is 263 g/mol. The molecule has 0 radical (unpaired) electrons. The lowest BCUT2D eigenvalue weighted by Crippen LogP contribution is -2.40. The Morgan fingerprint density at radius 2 is 1.76 bits per heavy atom. The maximum Gasteiger partial charge on any atom is 0.220 e. The molecule has 1 fully saturated rings. The molecule has 1 amide bonds. The zero-order valence-electron chi connectivity index (χ0n) is 11.1. The second-order valence-electron chi connectivity index (χ2n) is 5.07. The van der Waals surface area contributed by atoms with E-state index < -0.39 is 0 Å². The monoisotopic (exact) mass is 262 g/mol. The van der Waals surface area contributed by atoms with Crippen LogP contribution in [0.5, 0.6) is 0 Å². The Morgan fingerprint density at radius 3 is 2.24 bits per heavy atom. The first-order valence-electron chi connectivity index (χ1n) is 6.70. The van der Waals surface area contributed by atoms with Gasteiger partial charge in [-0.2, -0.15) is 0 Å². The Kier molecular flexibility index (Phi) is 8.61. The first kappa shape index (κ1) is 16.7. The summed E-state index contributed by atoms with van der Waals surface area (Å²) < 4.78 is 0. The summed E-state index contributed by atoms with van der Waals surface area (Å²) >= 11 is 0. The normalized spacial score (nSPS) is 24.2. The molecule has 3 N–H and O–H groups in total. The van der Waals surface area contributed by atoms with Crippen LogP contribution >= 0.6 is 12.4 Å². The van der Waals surface area contributed by atoms with Crippen molar-refractivity contribution < 1.29 is 4.79 Å². The van der Waals surface area contributed by atoms with Crippen molar-refractivity contribution in [3.8, 4) is 0 Å². The summed E-state index contributed by atoms with van der Waals surface area (Å²) in [6, 6.07) is 0.730. The molecule has 0 bridgehead atoms. The molecule has 3 nitrogen and oxygen atoms in total. The van der Waals surface area contributed by atoms with E-state index in [1.807, 2.05) is 0 Å². The van der Waals surface area contributed by atoms with Crippen LogP contribution in [0.3, 0.4) is 0 Å². The van der Waals surface area contributed by atoms with Gasteiger partial charge >= 0.3 is 0 Å². The summed E-state index contributed by atoms with van der Waals surface area (Å²) in [5.41, 5.74) is 5.84. The Labute approximate surface area is 111 Å². The second-order valence-corrected chi connectivity index (χ2v) is 5.07. The number of hydrogen-bond acceptors (Lipinski definition) is 2. The number of rotatable bonds is 5. The number of amides is 1. The molecule has 1 aliphatic carbocycles. The summed E-state index contributed by atoms with van der Waals surface area (Å²) in [6.07, 6.45) is 7.09. The van der Waals surface area contributed by atoms with Crippen molar-refractivity contribution in [3.63, 3.8) is 0 Å². The standard InChI is InChI=1S/C13H26N2O.ClH/c1-3-10(4-2)9-13(16)15-12-7-5-11(14)6-8-12;/h10-12H,3-9,14H2,1-2H3,(H,15,16);1H. The summed E-state index contributed by atoms with van der Waals surface area (Å²) in [4.78, 5) is 11.8. The van der Waals surface area contributed by atoms with Crippen molar-refractivity contribution in [2.45, 2.75) is 70.9 Å². The first-order chi connectivity index (χ1) is 7.65. The molecule has 102 valence electrons. The molecule has 0 saturated heterocycles. The molecular formula is C13H27ClN2O. The van der Waals surface area contributed by atoms with E-state index >= 15 is 0 Å². The van der Waals surface area contributed by atoms with Gasteiger partial charge in [-0.3, -0.25) is 4.79 Å². The molecule has 0 aliphatic heterocycles. The van der Waals surface area contributed by atoms with Crippen molar-refractivity contribution in [2.24, 2.45) is 11.7 Å². The number of carbonyl (C=O) groups is 1. The van der Waals surface area contributed by atoms with Gasteiger partial charge in [-0.15, -0.1) is 12.4 Å². The number of nitrogens with two attached hydrogens (primary N) is 1. The Balaban J connectivity index is 0.00000256. The van der Waals surface area contributed by atoms with E-state index in [1.54, 1.807) is 0 Å². The topological polar surface area (TPSA) is 55.1 Å². The summed E-state index contributed by atoms with van der Waals surface area (Å²) in [7, 11) is 0. The van der Waals surface area contributed by atoms with Gasteiger partial charge in [0.25, 0.3) is 0 Å². The molecule has 0 aromatic rings. The third kappa shape index (κ3) is 6.27. The predicted octanol–water partition coefficient (Wildman–Crippen LogP) is 2.62. The van der Waals surface area contributed by atoms with E-state index in [0.717, 1.165) is 38.5 Å². The highest BCUT2D eigenvalue weighted by molar-refractivity contribution is 5.85. The molecule has 4 heteroatoms. The highest BCUT2D eigenvalue weighted by Gasteiger charge is 2.20. The zero-order valence-corrected chi connectivity index (χ0v) is 11.9. The molecular weight excluding hydrogens is 236 g/mol. The van der Waals surface area contributed by atoms with E-state index in [1.165, 1.54) is 0 Å². The first-order valence-corrected chi connectivity index (χ1v) is 6.70. The predicted molar refractivity (Wildman–Crippen MR) is 74.3 cm³/mol. The maximum atomic E-state index is 11.8. The van der Waals surface area contributed by atoms with Gasteiger partial charge in [0.05, 0.1) is 0 Å². The van der Waals surface area contributed by atoms with Gasteiger partial charge in [0, 0.05) is 18.5 Å². The zero-order chi connectivity index (χ0) is 12.0. The highest BCUT2D eigenvalue weighted by atomic mass is 35.5. The largest absolute Gasteiger partial charge is 0.353 e. The number of halogens is 1. The maximum absolute atomic E-state index is 11.8. The minimum atomic E-state index is 0. The van der Waals surface area contributed by atoms with E-state index in [-0.39, 0.29) is 18.3 Å². The fourth-order valence-corrected chi connectivity index (χ4v) is 2.39. The van der Waals surface area contributed by atoms with Crippen LogP contribution in [0.1, 0.15) is 58.8 Å². The minimum Gasteiger partial charge on any atom is -0.353 e. The van der Waals surface area contributed by atoms with Crippen LogP contribution in [0.15, 0.2) is 0 Å². The van der Waals surface area contributed by atoms with Crippen molar-refractivity contribution >= 4 is 18.3 Å². The van der Waals surface area contributed by atoms with Crippen LogP contribution in [0.4, 0.5) is 0 Å². The van der Waals surface area contributed by atoms with E-state index in [4.69, 9.17) is 5.73 Å². The number of carbonyl (C=O) groups excluding carboxylic acids is 1. The molecule has 1 aliphatic rings. The average Bonchev–Trinajstić information content (AvgIpc) is 2.29. The number of hydrogen-bond donors (Lipinski definition) is 2. The molecule has 1 rings (SSSR count). The third-order valence-corrected chi connectivity index (χ3v) is 3.77. The fraction of sp³-hybridized carbons (Fsp3) is 0.923. The van der Waals surface area contributed by atoms with Gasteiger partial charge in [-0.05, 0) is 31.6 Å². The van der Waals surface area contributed by atoms with Crippen LogP contribution in [-0.2, 0) is 4.79 Å². The molecule has 0 atom stereocenters. The van der Waals surface area contributed by atoms with Crippen LogP contribution < -0.4 is 11.1 Å². The Hall–Kier alpha value is -0.280. The lowest BCUT2D eigenvalue weighted by molar-refractivity contribution is -0.123. The quantitative estimate of drug-likeness (QED) is 0.800. The third-order valence-electron chi connectivity index (χ3n) is 3.77. The SMILES string of the molecule is CCC(CC)CC(=O)NC1CCC(N)CC1.Cl.